The molecule has 0 aliphatic rings. The number of nitrogens with one attached hydrogen (secondary N) is 1. The summed E-state index contributed by atoms with van der Waals surface area (Å²) in [6.45, 7) is 1.85. The fourth-order valence-corrected chi connectivity index (χ4v) is 2.48. The highest BCUT2D eigenvalue weighted by molar-refractivity contribution is 5.96. The molecule has 0 fully saturated rings. The van der Waals surface area contributed by atoms with Gasteiger partial charge in [0.05, 0.1) is 12.6 Å². The average molecular weight is 265 g/mol. The van der Waals surface area contributed by atoms with E-state index in [4.69, 9.17) is 4.74 Å². The quantitative estimate of drug-likeness (QED) is 0.770. The maximum Gasteiger partial charge on any atom is 0.251 e. The number of ether oxygens (including phenoxy) is 1. The molecule has 1 N–H and O–H groups in total. The van der Waals surface area contributed by atoms with Gasteiger partial charge >= 0.3 is 0 Å². The van der Waals surface area contributed by atoms with Crippen molar-refractivity contribution in [1.82, 2.24) is 4.98 Å². The van der Waals surface area contributed by atoms with Gasteiger partial charge < -0.3 is 9.72 Å². The second kappa shape index (κ2) is 4.85. The van der Waals surface area contributed by atoms with E-state index in [9.17, 15) is 4.79 Å². The predicted octanol–water partition coefficient (Wildman–Crippen LogP) is 3.51. The lowest BCUT2D eigenvalue weighted by Gasteiger charge is -2.11. The van der Waals surface area contributed by atoms with Crippen LogP contribution in [0, 0.1) is 6.92 Å². The molecule has 1 heterocycles. The van der Waals surface area contributed by atoms with Crippen LogP contribution in [0.1, 0.15) is 5.56 Å². The van der Waals surface area contributed by atoms with Gasteiger partial charge in [-0.2, -0.15) is 0 Å². The second-order valence-electron chi connectivity index (χ2n) is 4.73. The van der Waals surface area contributed by atoms with Crippen molar-refractivity contribution < 1.29 is 4.74 Å². The van der Waals surface area contributed by atoms with Gasteiger partial charge in [-0.3, -0.25) is 4.79 Å². The third kappa shape index (κ3) is 1.97. The van der Waals surface area contributed by atoms with Crippen LogP contribution >= 0.6 is 0 Å². The van der Waals surface area contributed by atoms with Gasteiger partial charge in [0, 0.05) is 17.0 Å². The van der Waals surface area contributed by atoms with Crippen LogP contribution in [0.25, 0.3) is 22.0 Å². The highest BCUT2D eigenvalue weighted by Crippen LogP contribution is 2.30. The Bertz CT molecular complexity index is 820. The van der Waals surface area contributed by atoms with Crippen LogP contribution in [0.15, 0.2) is 53.3 Å². The number of pyridine rings is 1. The Labute approximate surface area is 116 Å². The first-order valence-electron chi connectivity index (χ1n) is 6.47. The first-order valence-corrected chi connectivity index (χ1v) is 6.47. The highest BCUT2D eigenvalue weighted by atomic mass is 16.5. The number of hydrogen-bond acceptors (Lipinski definition) is 2. The normalized spacial score (nSPS) is 10.7. The third-order valence-corrected chi connectivity index (χ3v) is 3.52. The minimum absolute atomic E-state index is 0.0652. The fourth-order valence-electron chi connectivity index (χ4n) is 2.48. The van der Waals surface area contributed by atoms with E-state index in [0.717, 1.165) is 33.3 Å². The standard InChI is InChI=1S/C17H15NO2/c1-11-16(12-6-4-3-5-7-12)14-9-8-13(20-2)10-15(14)18-17(11)19/h3-10H,1-2H3,(H,18,19). The molecule has 0 bridgehead atoms. The minimum Gasteiger partial charge on any atom is -0.497 e. The van der Waals surface area contributed by atoms with E-state index in [1.165, 1.54) is 0 Å². The van der Waals surface area contributed by atoms with Crippen molar-refractivity contribution in [3.8, 4) is 16.9 Å². The molecular formula is C17H15NO2. The minimum atomic E-state index is -0.0652. The monoisotopic (exact) mass is 265 g/mol. The van der Waals surface area contributed by atoms with Crippen molar-refractivity contribution in [3.05, 3.63) is 64.4 Å². The molecular weight excluding hydrogens is 250 g/mol. The Balaban J connectivity index is 2.41. The van der Waals surface area contributed by atoms with Crippen LogP contribution in [0.2, 0.25) is 0 Å². The summed E-state index contributed by atoms with van der Waals surface area (Å²) in [4.78, 5) is 15.0. The molecule has 0 unspecified atom stereocenters. The lowest BCUT2D eigenvalue weighted by Crippen LogP contribution is -2.11. The maximum absolute atomic E-state index is 12.1. The number of benzene rings is 2. The van der Waals surface area contributed by atoms with Crippen molar-refractivity contribution >= 4 is 10.9 Å². The number of methoxy groups -OCH3 is 1. The molecule has 20 heavy (non-hydrogen) atoms. The van der Waals surface area contributed by atoms with Gasteiger partial charge in [0.2, 0.25) is 0 Å². The Hall–Kier alpha value is -2.55. The molecule has 0 aliphatic heterocycles. The molecule has 0 aliphatic carbocycles. The van der Waals surface area contributed by atoms with Crippen LogP contribution in [0.4, 0.5) is 0 Å². The van der Waals surface area contributed by atoms with Crippen molar-refractivity contribution in [2.45, 2.75) is 6.92 Å². The molecule has 0 atom stereocenters. The van der Waals surface area contributed by atoms with Gasteiger partial charge in [-0.15, -0.1) is 0 Å². The largest absolute Gasteiger partial charge is 0.497 e. The zero-order valence-corrected chi connectivity index (χ0v) is 11.4. The lowest BCUT2D eigenvalue weighted by molar-refractivity contribution is 0.415. The van der Waals surface area contributed by atoms with Crippen molar-refractivity contribution in [1.29, 1.82) is 0 Å². The van der Waals surface area contributed by atoms with E-state index >= 15 is 0 Å². The number of aromatic nitrogens is 1. The molecule has 0 radical (unpaired) electrons. The van der Waals surface area contributed by atoms with E-state index in [1.807, 2.05) is 55.5 Å². The molecule has 0 spiro atoms. The van der Waals surface area contributed by atoms with Gasteiger partial charge in [-0.1, -0.05) is 30.3 Å². The average Bonchev–Trinajstić information content (AvgIpc) is 2.49. The molecule has 1 aromatic heterocycles. The number of fused-ring (bicyclic) bond motifs is 1. The number of rotatable bonds is 2. The summed E-state index contributed by atoms with van der Waals surface area (Å²) in [5, 5.41) is 1.02. The summed E-state index contributed by atoms with van der Waals surface area (Å²) in [6, 6.07) is 15.7. The van der Waals surface area contributed by atoms with Crippen LogP contribution in [0.3, 0.4) is 0 Å². The van der Waals surface area contributed by atoms with Crippen LogP contribution in [-0.2, 0) is 0 Å². The lowest BCUT2D eigenvalue weighted by atomic mass is 9.97. The van der Waals surface area contributed by atoms with E-state index in [1.54, 1.807) is 7.11 Å². The molecule has 100 valence electrons. The van der Waals surface area contributed by atoms with Gasteiger partial charge in [0.15, 0.2) is 0 Å². The number of aromatic amines is 1. The van der Waals surface area contributed by atoms with Crippen LogP contribution in [0.5, 0.6) is 5.75 Å². The SMILES string of the molecule is COc1ccc2c(-c3ccccc3)c(C)c(=O)[nH]c2c1. The Morgan fingerprint density at radius 3 is 2.50 bits per heavy atom. The summed E-state index contributed by atoms with van der Waals surface area (Å²) in [5.74, 6) is 0.732. The molecule has 3 aromatic rings. The van der Waals surface area contributed by atoms with Crippen molar-refractivity contribution in [3.63, 3.8) is 0 Å². The fraction of sp³-hybridized carbons (Fsp3) is 0.118. The molecule has 0 saturated carbocycles. The zero-order chi connectivity index (χ0) is 14.1. The molecule has 3 heteroatoms. The van der Waals surface area contributed by atoms with E-state index in [-0.39, 0.29) is 5.56 Å². The Morgan fingerprint density at radius 1 is 1.05 bits per heavy atom. The second-order valence-corrected chi connectivity index (χ2v) is 4.73. The highest BCUT2D eigenvalue weighted by Gasteiger charge is 2.11. The topological polar surface area (TPSA) is 42.1 Å². The summed E-state index contributed by atoms with van der Waals surface area (Å²) < 4.78 is 5.22. The summed E-state index contributed by atoms with van der Waals surface area (Å²) >= 11 is 0. The molecule has 0 amide bonds. The third-order valence-electron chi connectivity index (χ3n) is 3.52. The maximum atomic E-state index is 12.1. The molecule has 3 nitrogen and oxygen atoms in total. The smallest absolute Gasteiger partial charge is 0.251 e. The van der Waals surface area contributed by atoms with E-state index < -0.39 is 0 Å². The summed E-state index contributed by atoms with van der Waals surface area (Å²) in [6.07, 6.45) is 0. The van der Waals surface area contributed by atoms with Crippen molar-refractivity contribution in [2.24, 2.45) is 0 Å². The predicted molar refractivity (Wildman–Crippen MR) is 81.3 cm³/mol. The summed E-state index contributed by atoms with van der Waals surface area (Å²) in [5.41, 5.74) is 3.48. The first kappa shape index (κ1) is 12.5. The number of hydrogen-bond donors (Lipinski definition) is 1. The molecule has 3 rings (SSSR count). The zero-order valence-electron chi connectivity index (χ0n) is 11.4. The molecule has 0 saturated heterocycles. The van der Waals surface area contributed by atoms with Gasteiger partial charge in [-0.25, -0.2) is 0 Å². The molecule has 2 aromatic carbocycles. The van der Waals surface area contributed by atoms with Crippen LogP contribution in [-0.4, -0.2) is 12.1 Å². The van der Waals surface area contributed by atoms with Gasteiger partial charge in [-0.05, 0) is 30.2 Å². The Kier molecular flexibility index (Phi) is 3.03. The van der Waals surface area contributed by atoms with E-state index in [2.05, 4.69) is 4.98 Å². The summed E-state index contributed by atoms with van der Waals surface area (Å²) in [7, 11) is 1.62. The van der Waals surface area contributed by atoms with Crippen LogP contribution < -0.4 is 10.3 Å². The first-order chi connectivity index (χ1) is 9.70. The van der Waals surface area contributed by atoms with Gasteiger partial charge in [0.1, 0.15) is 5.75 Å². The Morgan fingerprint density at radius 2 is 1.80 bits per heavy atom. The van der Waals surface area contributed by atoms with E-state index in [0.29, 0.717) is 0 Å². The number of H-pyrrole nitrogens is 1. The van der Waals surface area contributed by atoms with Gasteiger partial charge in [0.25, 0.3) is 5.56 Å². The van der Waals surface area contributed by atoms with Crippen molar-refractivity contribution in [2.75, 3.05) is 7.11 Å².